The van der Waals surface area contributed by atoms with Gasteiger partial charge in [-0.05, 0) is 54.4 Å². The summed E-state index contributed by atoms with van der Waals surface area (Å²) in [4.78, 5) is 4.94. The van der Waals surface area contributed by atoms with Crippen molar-refractivity contribution in [3.05, 3.63) is 64.8 Å². The average molecular weight is 535 g/mol. The van der Waals surface area contributed by atoms with E-state index in [0.717, 1.165) is 99.5 Å². The largest absolute Gasteiger partial charge is 0.494 e. The summed E-state index contributed by atoms with van der Waals surface area (Å²) in [5, 5.41) is 7.41. The first-order valence-corrected chi connectivity index (χ1v) is 14.4. The van der Waals surface area contributed by atoms with Gasteiger partial charge in [0.25, 0.3) is 0 Å². The number of benzene rings is 1. The number of rotatable bonds is 7. The molecule has 1 aromatic carbocycles. The van der Waals surface area contributed by atoms with Gasteiger partial charge in [-0.1, -0.05) is 39.8 Å². The van der Waals surface area contributed by atoms with Crippen LogP contribution in [0.5, 0.6) is 5.75 Å². The van der Waals surface area contributed by atoms with Crippen molar-refractivity contribution in [3.63, 3.8) is 0 Å². The Morgan fingerprint density at radius 3 is 1.64 bits per heavy atom. The molecule has 0 spiro atoms. The molecule has 0 radical (unpaired) electrons. The number of allylic oxidation sites excluding steroid dienone is 6. The Morgan fingerprint density at radius 1 is 0.718 bits per heavy atom. The van der Waals surface area contributed by atoms with Gasteiger partial charge in [-0.15, -0.1) is 0 Å². The minimum Gasteiger partial charge on any atom is -0.494 e. The number of aryl methyl sites for hydroxylation is 1. The fourth-order valence-electron chi connectivity index (χ4n) is 6.07. The smallest absolute Gasteiger partial charge is 0.144 e. The Kier molecular flexibility index (Phi) is 8.01. The molecule has 2 aliphatic heterocycles. The van der Waals surface area contributed by atoms with Crippen LogP contribution in [0, 0.1) is 17.8 Å². The number of hydrogen-bond acceptors (Lipinski definition) is 7. The van der Waals surface area contributed by atoms with E-state index >= 15 is 0 Å². The highest BCUT2D eigenvalue weighted by molar-refractivity contribution is 5.71. The summed E-state index contributed by atoms with van der Waals surface area (Å²) in [5.74, 6) is 0.821. The molecular formula is C32H46N4O3. The second kappa shape index (κ2) is 11.3. The fourth-order valence-corrected chi connectivity index (χ4v) is 6.07. The van der Waals surface area contributed by atoms with Crippen LogP contribution in [0.2, 0.25) is 0 Å². The van der Waals surface area contributed by atoms with E-state index in [9.17, 15) is 0 Å². The number of morpholine rings is 2. The summed E-state index contributed by atoms with van der Waals surface area (Å²) in [6.45, 7) is 18.4. The van der Waals surface area contributed by atoms with E-state index in [1.54, 1.807) is 7.11 Å². The molecule has 2 N–H and O–H groups in total. The second-order valence-corrected chi connectivity index (χ2v) is 12.6. The van der Waals surface area contributed by atoms with Gasteiger partial charge in [0.1, 0.15) is 5.75 Å². The predicted octanol–water partition coefficient (Wildman–Crippen LogP) is 5.89. The van der Waals surface area contributed by atoms with Crippen molar-refractivity contribution < 1.29 is 14.2 Å². The summed E-state index contributed by atoms with van der Waals surface area (Å²) in [5.41, 5.74) is 8.34. The maximum absolute atomic E-state index is 5.89. The first-order valence-electron chi connectivity index (χ1n) is 14.4. The average Bonchev–Trinajstić information content (AvgIpc) is 2.89. The number of anilines is 2. The van der Waals surface area contributed by atoms with Crippen LogP contribution in [-0.4, -0.2) is 69.5 Å². The quantitative estimate of drug-likeness (QED) is 0.453. The van der Waals surface area contributed by atoms with Crippen molar-refractivity contribution in [2.75, 3.05) is 70.3 Å². The Balaban J connectivity index is 1.37. The zero-order valence-corrected chi connectivity index (χ0v) is 24.7. The van der Waals surface area contributed by atoms with Gasteiger partial charge in [0.05, 0.1) is 39.2 Å². The van der Waals surface area contributed by atoms with Crippen LogP contribution < -0.4 is 15.4 Å². The first-order chi connectivity index (χ1) is 18.6. The van der Waals surface area contributed by atoms with E-state index in [2.05, 4.69) is 91.5 Å². The zero-order chi connectivity index (χ0) is 27.6. The van der Waals surface area contributed by atoms with Crippen molar-refractivity contribution in [1.29, 1.82) is 0 Å². The van der Waals surface area contributed by atoms with Crippen LogP contribution >= 0.6 is 0 Å². The lowest BCUT2D eigenvalue weighted by atomic mass is 9.82. The summed E-state index contributed by atoms with van der Waals surface area (Å²) < 4.78 is 17.1. The molecule has 0 atom stereocenters. The highest BCUT2D eigenvalue weighted by Crippen LogP contribution is 2.39. The van der Waals surface area contributed by atoms with Crippen molar-refractivity contribution >= 4 is 11.4 Å². The number of ether oxygens (including phenoxy) is 3. The zero-order valence-electron chi connectivity index (χ0n) is 24.7. The Bertz CT molecular complexity index is 1180. The van der Waals surface area contributed by atoms with Crippen LogP contribution in [0.4, 0.5) is 11.4 Å². The van der Waals surface area contributed by atoms with E-state index in [0.29, 0.717) is 0 Å². The van der Waals surface area contributed by atoms with Gasteiger partial charge in [-0.2, -0.15) is 0 Å². The Morgan fingerprint density at radius 2 is 1.18 bits per heavy atom. The van der Waals surface area contributed by atoms with Crippen LogP contribution in [0.1, 0.15) is 46.1 Å². The normalized spacial score (nSPS) is 22.8. The highest BCUT2D eigenvalue weighted by atomic mass is 16.5. The first kappa shape index (κ1) is 27.7. The molecule has 2 heterocycles. The molecule has 0 unspecified atom stereocenters. The monoisotopic (exact) mass is 534 g/mol. The summed E-state index contributed by atoms with van der Waals surface area (Å²) >= 11 is 0. The fraction of sp³-hybridized carbons (Fsp3) is 0.562. The van der Waals surface area contributed by atoms with Gasteiger partial charge in [0.15, 0.2) is 0 Å². The number of nitrogens with zero attached hydrogens (tertiary/aromatic N) is 2. The second-order valence-electron chi connectivity index (χ2n) is 12.6. The number of methoxy groups -OCH3 is 1. The van der Waals surface area contributed by atoms with E-state index in [1.165, 1.54) is 11.4 Å². The van der Waals surface area contributed by atoms with E-state index in [1.807, 2.05) is 0 Å². The van der Waals surface area contributed by atoms with Gasteiger partial charge in [-0.3, -0.25) is 0 Å². The van der Waals surface area contributed by atoms with Crippen LogP contribution in [0.3, 0.4) is 0 Å². The van der Waals surface area contributed by atoms with Crippen molar-refractivity contribution in [2.24, 2.45) is 10.8 Å². The summed E-state index contributed by atoms with van der Waals surface area (Å²) in [6, 6.07) is 4.30. The number of hydrogen-bond donors (Lipinski definition) is 2. The molecular weight excluding hydrogens is 488 g/mol. The molecule has 4 aliphatic rings. The standard InChI is InChI=1S/C32H46N4O3/c1-23-15-29(34-25-17-27(22-32(4,5)20-25)36-9-13-39-14-10-36)30(37-6)18-28(23)33-24-16-26(21-31(2,3)19-24)35-7-11-38-12-8-35/h15-20,33-34H,7-14,21-22H2,1-6H3. The lowest BCUT2D eigenvalue weighted by Crippen LogP contribution is -2.37. The van der Waals surface area contributed by atoms with Crippen LogP contribution in [0.25, 0.3) is 0 Å². The van der Waals surface area contributed by atoms with Crippen LogP contribution in [-0.2, 0) is 9.47 Å². The molecule has 1 aromatic rings. The van der Waals surface area contributed by atoms with Gasteiger partial charge in [0.2, 0.25) is 0 Å². The SMILES string of the molecule is COc1cc(NC2=CC(C)(C)CC(N3CCOCC3)=C2)c(C)cc1NC1=CC(C)(C)CC(N2CCOCC2)=C1. The third kappa shape index (κ3) is 6.82. The van der Waals surface area contributed by atoms with Crippen molar-refractivity contribution in [1.82, 2.24) is 9.80 Å². The molecule has 7 heteroatoms. The van der Waals surface area contributed by atoms with Gasteiger partial charge in [0, 0.05) is 60.7 Å². The molecule has 2 saturated heterocycles. The predicted molar refractivity (Wildman–Crippen MR) is 159 cm³/mol. The molecule has 2 aliphatic carbocycles. The third-order valence-corrected chi connectivity index (χ3v) is 7.95. The van der Waals surface area contributed by atoms with E-state index < -0.39 is 0 Å². The molecule has 2 fully saturated rings. The summed E-state index contributed by atoms with van der Waals surface area (Å²) in [6.07, 6.45) is 11.4. The Labute approximate surface area is 234 Å². The maximum Gasteiger partial charge on any atom is 0.144 e. The molecule has 0 bridgehead atoms. The maximum atomic E-state index is 5.89. The van der Waals surface area contributed by atoms with E-state index in [-0.39, 0.29) is 10.8 Å². The van der Waals surface area contributed by atoms with Gasteiger partial charge >= 0.3 is 0 Å². The van der Waals surface area contributed by atoms with E-state index in [4.69, 9.17) is 14.2 Å². The molecule has 0 aromatic heterocycles. The molecule has 39 heavy (non-hydrogen) atoms. The molecule has 5 rings (SSSR count). The number of nitrogens with one attached hydrogen (secondary N) is 2. The summed E-state index contributed by atoms with van der Waals surface area (Å²) in [7, 11) is 1.74. The topological polar surface area (TPSA) is 58.2 Å². The molecule has 7 nitrogen and oxygen atoms in total. The minimum atomic E-state index is 0.0687. The molecule has 0 amide bonds. The molecule has 0 saturated carbocycles. The van der Waals surface area contributed by atoms with Gasteiger partial charge < -0.3 is 34.6 Å². The lowest BCUT2D eigenvalue weighted by molar-refractivity contribution is 0.0499. The Hall–Kier alpha value is -2.90. The minimum absolute atomic E-state index is 0.0687. The third-order valence-electron chi connectivity index (χ3n) is 7.95. The lowest BCUT2D eigenvalue weighted by Gasteiger charge is -2.37. The van der Waals surface area contributed by atoms with Crippen molar-refractivity contribution in [3.8, 4) is 5.75 Å². The highest BCUT2D eigenvalue weighted by Gasteiger charge is 2.28. The molecule has 212 valence electrons. The van der Waals surface area contributed by atoms with Crippen LogP contribution in [0.15, 0.2) is 59.2 Å². The van der Waals surface area contributed by atoms with Gasteiger partial charge in [-0.25, -0.2) is 0 Å². The van der Waals surface area contributed by atoms with Crippen molar-refractivity contribution in [2.45, 2.75) is 47.5 Å².